The van der Waals surface area contributed by atoms with Gasteiger partial charge in [-0.25, -0.2) is 0 Å². The van der Waals surface area contributed by atoms with Crippen molar-refractivity contribution in [2.45, 2.75) is 13.0 Å². The van der Waals surface area contributed by atoms with E-state index in [-0.39, 0.29) is 11.9 Å². The highest BCUT2D eigenvalue weighted by atomic mass is 16.6. The number of aromatic nitrogens is 2. The van der Waals surface area contributed by atoms with Crippen molar-refractivity contribution >= 4 is 5.91 Å². The van der Waals surface area contributed by atoms with E-state index in [0.29, 0.717) is 24.7 Å². The molecule has 0 unspecified atom stereocenters. The molecule has 0 saturated carbocycles. The van der Waals surface area contributed by atoms with E-state index in [0.717, 1.165) is 22.6 Å². The maximum atomic E-state index is 12.5. The second-order valence-electron chi connectivity index (χ2n) is 6.13. The molecule has 1 aromatic heterocycles. The fourth-order valence-electron chi connectivity index (χ4n) is 2.88. The van der Waals surface area contributed by atoms with Crippen LogP contribution in [0.5, 0.6) is 11.5 Å². The zero-order chi connectivity index (χ0) is 17.9. The summed E-state index contributed by atoms with van der Waals surface area (Å²) in [5.41, 5.74) is 3.07. The highest BCUT2D eigenvalue weighted by Gasteiger charge is 2.17. The summed E-state index contributed by atoms with van der Waals surface area (Å²) in [6.45, 7) is 3.02. The van der Waals surface area contributed by atoms with Gasteiger partial charge in [0, 0.05) is 5.56 Å². The van der Waals surface area contributed by atoms with Crippen LogP contribution >= 0.6 is 0 Å². The highest BCUT2D eigenvalue weighted by Crippen LogP contribution is 2.32. The number of benzene rings is 2. The molecular weight excluding hydrogens is 330 g/mol. The summed E-state index contributed by atoms with van der Waals surface area (Å²) >= 11 is 0. The molecule has 0 spiro atoms. The first-order chi connectivity index (χ1) is 12.7. The predicted molar refractivity (Wildman–Crippen MR) is 97.3 cm³/mol. The number of amides is 1. The SMILES string of the molecule is C[C@@H](NC(=O)c1cc(-c2ccccc2)n[nH]1)c1ccc2c(c1)OCCO2. The van der Waals surface area contributed by atoms with Crippen molar-refractivity contribution in [2.24, 2.45) is 0 Å². The van der Waals surface area contributed by atoms with Crippen molar-refractivity contribution < 1.29 is 14.3 Å². The smallest absolute Gasteiger partial charge is 0.269 e. The fourth-order valence-corrected chi connectivity index (χ4v) is 2.88. The minimum absolute atomic E-state index is 0.179. The van der Waals surface area contributed by atoms with Crippen LogP contribution in [0.1, 0.15) is 29.0 Å². The Balaban J connectivity index is 1.47. The summed E-state index contributed by atoms with van der Waals surface area (Å²) < 4.78 is 11.1. The molecule has 3 aromatic rings. The van der Waals surface area contributed by atoms with Crippen LogP contribution in [0.4, 0.5) is 0 Å². The maximum Gasteiger partial charge on any atom is 0.269 e. The maximum absolute atomic E-state index is 12.5. The summed E-state index contributed by atoms with van der Waals surface area (Å²) in [6.07, 6.45) is 0. The monoisotopic (exact) mass is 349 g/mol. The lowest BCUT2D eigenvalue weighted by Crippen LogP contribution is -2.27. The van der Waals surface area contributed by atoms with Gasteiger partial charge in [-0.3, -0.25) is 9.89 Å². The molecule has 1 aliphatic rings. The van der Waals surface area contributed by atoms with Crippen molar-refractivity contribution in [1.82, 2.24) is 15.5 Å². The lowest BCUT2D eigenvalue weighted by atomic mass is 10.1. The first-order valence-corrected chi connectivity index (χ1v) is 8.52. The van der Waals surface area contributed by atoms with Crippen molar-refractivity contribution in [2.75, 3.05) is 13.2 Å². The largest absolute Gasteiger partial charge is 0.486 e. The molecule has 6 nitrogen and oxygen atoms in total. The minimum Gasteiger partial charge on any atom is -0.486 e. The number of carbonyl (C=O) groups is 1. The second kappa shape index (κ2) is 6.92. The number of hydrogen-bond acceptors (Lipinski definition) is 4. The highest BCUT2D eigenvalue weighted by molar-refractivity contribution is 5.93. The summed E-state index contributed by atoms with van der Waals surface area (Å²) in [4.78, 5) is 12.5. The van der Waals surface area contributed by atoms with Gasteiger partial charge in [-0.15, -0.1) is 0 Å². The summed E-state index contributed by atoms with van der Waals surface area (Å²) in [5, 5.41) is 10.0. The van der Waals surface area contributed by atoms with Gasteiger partial charge in [0.2, 0.25) is 0 Å². The molecule has 0 saturated heterocycles. The van der Waals surface area contributed by atoms with Gasteiger partial charge in [0.1, 0.15) is 18.9 Å². The predicted octanol–water partition coefficient (Wildman–Crippen LogP) is 3.34. The van der Waals surface area contributed by atoms with Gasteiger partial charge in [0.15, 0.2) is 11.5 Å². The molecule has 1 atom stereocenters. The summed E-state index contributed by atoms with van der Waals surface area (Å²) in [7, 11) is 0. The Bertz CT molecular complexity index is 921. The zero-order valence-electron chi connectivity index (χ0n) is 14.4. The van der Waals surface area contributed by atoms with E-state index >= 15 is 0 Å². The van der Waals surface area contributed by atoms with E-state index in [2.05, 4.69) is 15.5 Å². The van der Waals surface area contributed by atoms with Crippen LogP contribution in [0.2, 0.25) is 0 Å². The molecule has 132 valence electrons. The Labute approximate surface area is 151 Å². The number of hydrogen-bond donors (Lipinski definition) is 2. The number of carbonyl (C=O) groups excluding carboxylic acids is 1. The number of ether oxygens (including phenoxy) is 2. The van der Waals surface area contributed by atoms with E-state index in [1.54, 1.807) is 6.07 Å². The third-order valence-corrected chi connectivity index (χ3v) is 4.31. The topological polar surface area (TPSA) is 76.2 Å². The molecule has 0 bridgehead atoms. The number of fused-ring (bicyclic) bond motifs is 1. The summed E-state index contributed by atoms with van der Waals surface area (Å²) in [5.74, 6) is 1.24. The third kappa shape index (κ3) is 3.26. The Morgan fingerprint density at radius 3 is 2.65 bits per heavy atom. The third-order valence-electron chi connectivity index (χ3n) is 4.31. The molecule has 4 rings (SSSR count). The van der Waals surface area contributed by atoms with Crippen LogP contribution < -0.4 is 14.8 Å². The van der Waals surface area contributed by atoms with Gasteiger partial charge in [0.25, 0.3) is 5.91 Å². The Kier molecular flexibility index (Phi) is 4.31. The lowest BCUT2D eigenvalue weighted by Gasteiger charge is -2.21. The van der Waals surface area contributed by atoms with E-state index in [1.807, 2.05) is 55.5 Å². The molecule has 2 N–H and O–H groups in total. The minimum atomic E-state index is -0.206. The normalized spacial score (nSPS) is 13.9. The Hall–Kier alpha value is -3.28. The second-order valence-corrected chi connectivity index (χ2v) is 6.13. The van der Waals surface area contributed by atoms with Gasteiger partial charge in [0.05, 0.1) is 11.7 Å². The summed E-state index contributed by atoms with van der Waals surface area (Å²) in [6, 6.07) is 17.0. The molecule has 0 aliphatic carbocycles. The molecule has 0 radical (unpaired) electrons. The molecule has 2 heterocycles. The van der Waals surface area contributed by atoms with Gasteiger partial charge in [-0.05, 0) is 30.7 Å². The first kappa shape index (κ1) is 16.2. The van der Waals surface area contributed by atoms with Gasteiger partial charge in [-0.1, -0.05) is 36.4 Å². The van der Waals surface area contributed by atoms with Crippen LogP contribution in [0.25, 0.3) is 11.3 Å². The average molecular weight is 349 g/mol. The zero-order valence-corrected chi connectivity index (χ0v) is 14.4. The van der Waals surface area contributed by atoms with Crippen LogP contribution in [0.3, 0.4) is 0 Å². The molecule has 0 fully saturated rings. The van der Waals surface area contributed by atoms with Crippen molar-refractivity contribution in [3.05, 3.63) is 65.9 Å². The number of H-pyrrole nitrogens is 1. The van der Waals surface area contributed by atoms with Crippen molar-refractivity contribution in [1.29, 1.82) is 0 Å². The van der Waals surface area contributed by atoms with Crippen LogP contribution in [0, 0.1) is 0 Å². The van der Waals surface area contributed by atoms with Gasteiger partial charge in [-0.2, -0.15) is 5.10 Å². The molecule has 6 heteroatoms. The number of nitrogens with zero attached hydrogens (tertiary/aromatic N) is 1. The standard InChI is InChI=1S/C20H19N3O3/c1-13(15-7-8-18-19(11-15)26-10-9-25-18)21-20(24)17-12-16(22-23-17)14-5-3-2-4-6-14/h2-8,11-13H,9-10H2,1H3,(H,21,24)(H,22,23)/t13-/m1/s1. The molecule has 26 heavy (non-hydrogen) atoms. The van der Waals surface area contributed by atoms with E-state index in [1.165, 1.54) is 0 Å². The van der Waals surface area contributed by atoms with Crippen LogP contribution in [0.15, 0.2) is 54.6 Å². The van der Waals surface area contributed by atoms with Crippen molar-refractivity contribution in [3.63, 3.8) is 0 Å². The fraction of sp³-hybridized carbons (Fsp3) is 0.200. The number of rotatable bonds is 4. The molecule has 2 aromatic carbocycles. The van der Waals surface area contributed by atoms with Gasteiger partial charge >= 0.3 is 0 Å². The number of nitrogens with one attached hydrogen (secondary N) is 2. The van der Waals surface area contributed by atoms with E-state index in [4.69, 9.17) is 9.47 Å². The molecule has 1 aliphatic heterocycles. The van der Waals surface area contributed by atoms with Crippen molar-refractivity contribution in [3.8, 4) is 22.8 Å². The Morgan fingerprint density at radius 2 is 1.85 bits per heavy atom. The lowest BCUT2D eigenvalue weighted by molar-refractivity contribution is 0.0934. The number of aromatic amines is 1. The average Bonchev–Trinajstić information content (AvgIpc) is 3.18. The van der Waals surface area contributed by atoms with Crippen LogP contribution in [-0.4, -0.2) is 29.3 Å². The molecule has 1 amide bonds. The molecular formula is C20H19N3O3. The quantitative estimate of drug-likeness (QED) is 0.757. The Morgan fingerprint density at radius 1 is 1.08 bits per heavy atom. The van der Waals surface area contributed by atoms with Gasteiger partial charge < -0.3 is 14.8 Å². The van der Waals surface area contributed by atoms with E-state index < -0.39 is 0 Å². The first-order valence-electron chi connectivity index (χ1n) is 8.52. The van der Waals surface area contributed by atoms with E-state index in [9.17, 15) is 4.79 Å². The van der Waals surface area contributed by atoms with Crippen LogP contribution in [-0.2, 0) is 0 Å².